The van der Waals surface area contributed by atoms with Crippen LogP contribution in [0.5, 0.6) is 0 Å². The minimum absolute atomic E-state index is 0.0583. The van der Waals surface area contributed by atoms with Crippen LogP contribution >= 0.6 is 0 Å². The van der Waals surface area contributed by atoms with E-state index in [-0.39, 0.29) is 12.0 Å². The van der Waals surface area contributed by atoms with Crippen molar-refractivity contribution in [3.05, 3.63) is 0 Å². The molecule has 0 aromatic rings. The summed E-state index contributed by atoms with van der Waals surface area (Å²) in [7, 11) is 1.66. The van der Waals surface area contributed by atoms with Crippen molar-refractivity contribution in [2.45, 2.75) is 19.4 Å². The molecule has 0 aliphatic carbocycles. The first-order valence-electron chi connectivity index (χ1n) is 4.80. The Balaban J connectivity index is 2.29. The van der Waals surface area contributed by atoms with Crippen molar-refractivity contribution in [3.8, 4) is 0 Å². The summed E-state index contributed by atoms with van der Waals surface area (Å²) in [6.45, 7) is 5.77. The lowest BCUT2D eigenvalue weighted by atomic mass is 10.2. The molecule has 0 bridgehead atoms. The summed E-state index contributed by atoms with van der Waals surface area (Å²) < 4.78 is 5.48. The third-order valence-electron chi connectivity index (χ3n) is 2.36. The summed E-state index contributed by atoms with van der Waals surface area (Å²) in [5, 5.41) is 2.61. The molecule has 1 fully saturated rings. The van der Waals surface area contributed by atoms with Gasteiger partial charge in [-0.25, -0.2) is 0 Å². The van der Waals surface area contributed by atoms with E-state index in [0.717, 1.165) is 26.2 Å². The average Bonchev–Trinajstić information content (AvgIpc) is 2.18. The molecule has 1 amide bonds. The predicted molar refractivity (Wildman–Crippen MR) is 50.5 cm³/mol. The molecule has 1 N–H and O–H groups in total. The van der Waals surface area contributed by atoms with Crippen molar-refractivity contribution in [1.82, 2.24) is 10.2 Å². The van der Waals surface area contributed by atoms with E-state index in [0.29, 0.717) is 6.42 Å². The molecule has 1 heterocycles. The standard InChI is InChI=1S/C9H18N2O2/c1-3-11-4-5-13-8(7-11)6-9(12)10-2/h8H,3-7H2,1-2H3,(H,10,12). The Morgan fingerprint density at radius 1 is 1.69 bits per heavy atom. The molecular weight excluding hydrogens is 168 g/mol. The van der Waals surface area contributed by atoms with Gasteiger partial charge in [0.25, 0.3) is 0 Å². The number of amides is 1. The van der Waals surface area contributed by atoms with Crippen LogP contribution in [-0.2, 0) is 9.53 Å². The van der Waals surface area contributed by atoms with Gasteiger partial charge in [-0.15, -0.1) is 0 Å². The average molecular weight is 186 g/mol. The number of rotatable bonds is 3. The molecule has 1 atom stereocenters. The number of hydrogen-bond donors (Lipinski definition) is 1. The second-order valence-corrected chi connectivity index (χ2v) is 3.26. The molecule has 1 saturated heterocycles. The van der Waals surface area contributed by atoms with Crippen LogP contribution in [-0.4, -0.2) is 50.2 Å². The maximum atomic E-state index is 11.1. The van der Waals surface area contributed by atoms with Crippen LogP contribution in [0, 0.1) is 0 Å². The van der Waals surface area contributed by atoms with Gasteiger partial charge in [0.15, 0.2) is 0 Å². The third kappa shape index (κ3) is 3.32. The molecule has 4 heteroatoms. The highest BCUT2D eigenvalue weighted by molar-refractivity contribution is 5.76. The van der Waals surface area contributed by atoms with Crippen LogP contribution in [0.1, 0.15) is 13.3 Å². The van der Waals surface area contributed by atoms with Gasteiger partial charge in [0, 0.05) is 20.1 Å². The zero-order valence-electron chi connectivity index (χ0n) is 8.38. The van der Waals surface area contributed by atoms with Crippen LogP contribution in [0.15, 0.2) is 0 Å². The fraction of sp³-hybridized carbons (Fsp3) is 0.889. The van der Waals surface area contributed by atoms with E-state index < -0.39 is 0 Å². The van der Waals surface area contributed by atoms with Gasteiger partial charge in [-0.3, -0.25) is 9.69 Å². The third-order valence-corrected chi connectivity index (χ3v) is 2.36. The molecule has 13 heavy (non-hydrogen) atoms. The molecular formula is C9H18N2O2. The van der Waals surface area contributed by atoms with Crippen LogP contribution in [0.3, 0.4) is 0 Å². The Morgan fingerprint density at radius 2 is 2.46 bits per heavy atom. The minimum Gasteiger partial charge on any atom is -0.375 e. The summed E-state index contributed by atoms with van der Waals surface area (Å²) in [5.41, 5.74) is 0. The fourth-order valence-electron chi connectivity index (χ4n) is 1.50. The van der Waals surface area contributed by atoms with Crippen LogP contribution in [0.4, 0.5) is 0 Å². The first kappa shape index (κ1) is 10.5. The number of ether oxygens (including phenoxy) is 1. The number of nitrogens with zero attached hydrogens (tertiary/aromatic N) is 1. The number of likely N-dealkylation sites (N-methyl/N-ethyl adjacent to an activating group) is 1. The SMILES string of the molecule is CCN1CCOC(CC(=O)NC)C1. The molecule has 1 rings (SSSR count). The molecule has 1 aliphatic heterocycles. The summed E-state index contributed by atoms with van der Waals surface area (Å²) in [4.78, 5) is 13.4. The highest BCUT2D eigenvalue weighted by Gasteiger charge is 2.20. The lowest BCUT2D eigenvalue weighted by molar-refractivity contribution is -0.125. The van der Waals surface area contributed by atoms with Crippen LogP contribution in [0.25, 0.3) is 0 Å². The Kier molecular flexibility index (Phi) is 4.18. The smallest absolute Gasteiger partial charge is 0.222 e. The van der Waals surface area contributed by atoms with E-state index in [4.69, 9.17) is 4.74 Å². The zero-order chi connectivity index (χ0) is 9.68. The van der Waals surface area contributed by atoms with E-state index in [1.165, 1.54) is 0 Å². The van der Waals surface area contributed by atoms with Gasteiger partial charge in [-0.2, -0.15) is 0 Å². The summed E-state index contributed by atoms with van der Waals surface area (Å²) in [6, 6.07) is 0. The Morgan fingerprint density at radius 3 is 3.08 bits per heavy atom. The number of nitrogens with one attached hydrogen (secondary N) is 1. The second-order valence-electron chi connectivity index (χ2n) is 3.26. The quantitative estimate of drug-likeness (QED) is 0.666. The molecule has 0 aromatic heterocycles. The molecule has 0 radical (unpaired) electrons. The summed E-state index contributed by atoms with van der Waals surface area (Å²) >= 11 is 0. The van der Waals surface area contributed by atoms with Gasteiger partial charge in [0.05, 0.1) is 19.1 Å². The molecule has 0 spiro atoms. The van der Waals surface area contributed by atoms with Gasteiger partial charge in [-0.1, -0.05) is 6.92 Å². The summed E-state index contributed by atoms with van der Waals surface area (Å²) in [6.07, 6.45) is 0.557. The number of morpholine rings is 1. The molecule has 4 nitrogen and oxygen atoms in total. The fourth-order valence-corrected chi connectivity index (χ4v) is 1.50. The number of carbonyl (C=O) groups excluding carboxylic acids is 1. The molecule has 0 aromatic carbocycles. The second kappa shape index (κ2) is 5.19. The highest BCUT2D eigenvalue weighted by atomic mass is 16.5. The van der Waals surface area contributed by atoms with E-state index >= 15 is 0 Å². The largest absolute Gasteiger partial charge is 0.375 e. The van der Waals surface area contributed by atoms with Crippen LogP contribution in [0.2, 0.25) is 0 Å². The maximum absolute atomic E-state index is 11.1. The van der Waals surface area contributed by atoms with E-state index in [9.17, 15) is 4.79 Å². The van der Waals surface area contributed by atoms with Crippen molar-refractivity contribution in [1.29, 1.82) is 0 Å². The van der Waals surface area contributed by atoms with Gasteiger partial charge in [0.1, 0.15) is 0 Å². The van der Waals surface area contributed by atoms with E-state index in [2.05, 4.69) is 17.1 Å². The monoisotopic (exact) mass is 186 g/mol. The van der Waals surface area contributed by atoms with Gasteiger partial charge in [-0.05, 0) is 6.54 Å². The van der Waals surface area contributed by atoms with Gasteiger partial charge in [0.2, 0.25) is 5.91 Å². The lowest BCUT2D eigenvalue weighted by Crippen LogP contribution is -2.43. The Labute approximate surface area is 79.2 Å². The summed E-state index contributed by atoms with van der Waals surface area (Å²) in [5.74, 6) is 0.0583. The maximum Gasteiger partial charge on any atom is 0.222 e. The topological polar surface area (TPSA) is 41.6 Å². The number of carbonyl (C=O) groups is 1. The van der Waals surface area contributed by atoms with Gasteiger partial charge < -0.3 is 10.1 Å². The normalized spacial score (nSPS) is 24.3. The lowest BCUT2D eigenvalue weighted by Gasteiger charge is -2.31. The molecule has 0 saturated carbocycles. The zero-order valence-corrected chi connectivity index (χ0v) is 8.38. The Hall–Kier alpha value is -0.610. The molecule has 1 unspecified atom stereocenters. The van der Waals surface area contributed by atoms with Crippen molar-refractivity contribution in [2.24, 2.45) is 0 Å². The first-order chi connectivity index (χ1) is 6.26. The highest BCUT2D eigenvalue weighted by Crippen LogP contribution is 2.07. The van der Waals surface area contributed by atoms with Crippen molar-refractivity contribution >= 4 is 5.91 Å². The number of hydrogen-bond acceptors (Lipinski definition) is 3. The Bertz CT molecular complexity index is 173. The first-order valence-corrected chi connectivity index (χ1v) is 4.80. The minimum atomic E-state index is 0.0583. The van der Waals surface area contributed by atoms with E-state index in [1.54, 1.807) is 7.05 Å². The van der Waals surface area contributed by atoms with Crippen molar-refractivity contribution < 1.29 is 9.53 Å². The van der Waals surface area contributed by atoms with Crippen molar-refractivity contribution in [3.63, 3.8) is 0 Å². The molecule has 1 aliphatic rings. The molecule has 76 valence electrons. The van der Waals surface area contributed by atoms with Crippen LogP contribution < -0.4 is 5.32 Å². The van der Waals surface area contributed by atoms with Crippen molar-refractivity contribution in [2.75, 3.05) is 33.3 Å². The van der Waals surface area contributed by atoms with Gasteiger partial charge >= 0.3 is 0 Å². The predicted octanol–water partition coefficient (Wildman–Crippen LogP) is -0.157. The van der Waals surface area contributed by atoms with E-state index in [1.807, 2.05) is 0 Å².